The van der Waals surface area contributed by atoms with Gasteiger partial charge in [-0.05, 0) is 30.5 Å². The molecule has 0 spiro atoms. The van der Waals surface area contributed by atoms with E-state index in [1.807, 2.05) is 6.07 Å². The van der Waals surface area contributed by atoms with Crippen LogP contribution in [-0.2, 0) is 10.2 Å². The maximum Gasteiger partial charge on any atom is 0.148 e. The van der Waals surface area contributed by atoms with Crippen molar-refractivity contribution in [3.8, 4) is 5.75 Å². The number of rotatable bonds is 2. The predicted molar refractivity (Wildman–Crippen MR) is 67.7 cm³/mol. The van der Waals surface area contributed by atoms with E-state index in [0.717, 1.165) is 24.8 Å². The van der Waals surface area contributed by atoms with E-state index in [0.29, 0.717) is 6.42 Å². The molecular formula is C14H17NO2. The maximum absolute atomic E-state index is 12.2. The van der Waals surface area contributed by atoms with E-state index in [2.05, 4.69) is 4.99 Å². The number of phenolic OH excluding ortho intramolecular Hbond substituents is 1. The van der Waals surface area contributed by atoms with Crippen LogP contribution in [0.15, 0.2) is 29.3 Å². The van der Waals surface area contributed by atoms with Crippen LogP contribution in [0.2, 0.25) is 0 Å². The molecule has 0 heterocycles. The largest absolute Gasteiger partial charge is 0.508 e. The fraction of sp³-hybridized carbons (Fsp3) is 0.429. The number of aliphatic imine (C=N–C) groups is 1. The summed E-state index contributed by atoms with van der Waals surface area (Å²) in [6.07, 6.45) is 5.10. The zero-order valence-electron chi connectivity index (χ0n) is 10.0. The average Bonchev–Trinajstić information content (AvgIpc) is 2.32. The molecule has 3 heteroatoms. The summed E-state index contributed by atoms with van der Waals surface area (Å²) < 4.78 is 0. The van der Waals surface area contributed by atoms with Crippen LogP contribution in [0.3, 0.4) is 0 Å². The van der Waals surface area contributed by atoms with Crippen LogP contribution in [0.25, 0.3) is 0 Å². The Labute approximate surface area is 101 Å². The fourth-order valence-corrected chi connectivity index (χ4v) is 2.57. The highest BCUT2D eigenvalue weighted by Gasteiger charge is 2.39. The number of carbonyl (C=O) groups excluding carboxylic acids is 1. The zero-order chi connectivity index (χ0) is 12.3. The van der Waals surface area contributed by atoms with Crippen molar-refractivity contribution in [1.82, 2.24) is 0 Å². The Kier molecular flexibility index (Phi) is 3.27. The lowest BCUT2D eigenvalue weighted by molar-refractivity contribution is -0.123. The van der Waals surface area contributed by atoms with Crippen molar-refractivity contribution in [2.24, 2.45) is 4.99 Å². The highest BCUT2D eigenvalue weighted by atomic mass is 16.3. The molecule has 1 atom stereocenters. The lowest BCUT2D eigenvalue weighted by Crippen LogP contribution is -2.40. The van der Waals surface area contributed by atoms with Gasteiger partial charge < -0.3 is 5.11 Å². The van der Waals surface area contributed by atoms with Crippen molar-refractivity contribution in [3.63, 3.8) is 0 Å². The molecule has 0 aromatic heterocycles. The van der Waals surface area contributed by atoms with E-state index < -0.39 is 5.41 Å². The Morgan fingerprint density at radius 1 is 1.41 bits per heavy atom. The Morgan fingerprint density at radius 3 is 2.88 bits per heavy atom. The van der Waals surface area contributed by atoms with Gasteiger partial charge in [-0.2, -0.15) is 0 Å². The van der Waals surface area contributed by atoms with E-state index in [9.17, 15) is 9.90 Å². The lowest BCUT2D eigenvalue weighted by Gasteiger charge is -2.32. The van der Waals surface area contributed by atoms with Gasteiger partial charge in [0.2, 0.25) is 0 Å². The summed E-state index contributed by atoms with van der Waals surface area (Å²) in [5, 5.41) is 9.56. The standard InChI is InChI=1S/C14H17NO2/c1-15-10-14(8-3-2-7-13(14)17)11-5-4-6-12(16)9-11/h4-6,9-10,16H,2-3,7-8H2,1H3/b15-10-/t14-/m0/s1. The Hall–Kier alpha value is -1.64. The van der Waals surface area contributed by atoms with Crippen molar-refractivity contribution in [2.75, 3.05) is 7.05 Å². The van der Waals surface area contributed by atoms with Crippen LogP contribution in [-0.4, -0.2) is 24.2 Å². The number of carbonyl (C=O) groups is 1. The van der Waals surface area contributed by atoms with E-state index in [1.54, 1.807) is 31.5 Å². The second-order valence-electron chi connectivity index (χ2n) is 4.54. The molecule has 1 fully saturated rings. The minimum atomic E-state index is -0.619. The quantitative estimate of drug-likeness (QED) is 0.795. The van der Waals surface area contributed by atoms with Gasteiger partial charge in [0, 0.05) is 19.7 Å². The molecule has 1 aromatic carbocycles. The van der Waals surface area contributed by atoms with Gasteiger partial charge in [0.25, 0.3) is 0 Å². The SMILES string of the molecule is C/N=C\[C@]1(c2cccc(O)c2)CCCCC1=O. The number of hydrogen-bond donors (Lipinski definition) is 1. The van der Waals surface area contributed by atoms with Gasteiger partial charge in [-0.15, -0.1) is 0 Å². The molecular weight excluding hydrogens is 214 g/mol. The molecule has 1 N–H and O–H groups in total. The minimum absolute atomic E-state index is 0.199. The third kappa shape index (κ3) is 2.09. The van der Waals surface area contributed by atoms with Crippen molar-refractivity contribution >= 4 is 12.0 Å². The Balaban J connectivity index is 2.50. The molecule has 0 unspecified atom stereocenters. The van der Waals surface area contributed by atoms with Crippen LogP contribution in [0.1, 0.15) is 31.2 Å². The van der Waals surface area contributed by atoms with E-state index in [4.69, 9.17) is 0 Å². The molecule has 0 amide bonds. The van der Waals surface area contributed by atoms with E-state index >= 15 is 0 Å². The fourth-order valence-electron chi connectivity index (χ4n) is 2.57. The second-order valence-corrected chi connectivity index (χ2v) is 4.54. The first-order valence-corrected chi connectivity index (χ1v) is 5.95. The summed E-state index contributed by atoms with van der Waals surface area (Å²) in [7, 11) is 1.69. The van der Waals surface area contributed by atoms with Crippen molar-refractivity contribution in [1.29, 1.82) is 0 Å². The van der Waals surface area contributed by atoms with E-state index in [-0.39, 0.29) is 11.5 Å². The summed E-state index contributed by atoms with van der Waals surface area (Å²) in [5.74, 6) is 0.407. The molecule has 1 aliphatic rings. The molecule has 17 heavy (non-hydrogen) atoms. The maximum atomic E-state index is 12.2. The molecule has 0 radical (unpaired) electrons. The predicted octanol–water partition coefficient (Wildman–Crippen LogP) is 2.47. The smallest absolute Gasteiger partial charge is 0.148 e. The van der Waals surface area contributed by atoms with Crippen molar-refractivity contribution in [3.05, 3.63) is 29.8 Å². The number of benzene rings is 1. The highest BCUT2D eigenvalue weighted by Crippen LogP contribution is 2.36. The Bertz CT molecular complexity index is 453. The third-order valence-corrected chi connectivity index (χ3v) is 3.43. The van der Waals surface area contributed by atoms with E-state index in [1.165, 1.54) is 0 Å². The van der Waals surface area contributed by atoms with Gasteiger partial charge >= 0.3 is 0 Å². The second kappa shape index (κ2) is 4.70. The summed E-state index contributed by atoms with van der Waals surface area (Å²) in [4.78, 5) is 16.3. The van der Waals surface area contributed by atoms with Gasteiger partial charge in [-0.25, -0.2) is 0 Å². The minimum Gasteiger partial charge on any atom is -0.508 e. The van der Waals surface area contributed by atoms with Crippen molar-refractivity contribution in [2.45, 2.75) is 31.1 Å². The molecule has 2 rings (SSSR count). The lowest BCUT2D eigenvalue weighted by atomic mass is 9.69. The molecule has 0 aliphatic heterocycles. The molecule has 3 nitrogen and oxygen atoms in total. The first kappa shape index (κ1) is 11.8. The van der Waals surface area contributed by atoms with Gasteiger partial charge in [-0.3, -0.25) is 9.79 Å². The number of phenols is 1. The number of ketones is 1. The first-order valence-electron chi connectivity index (χ1n) is 5.95. The summed E-state index contributed by atoms with van der Waals surface area (Å²) in [6, 6.07) is 6.96. The van der Waals surface area contributed by atoms with Gasteiger partial charge in [0.1, 0.15) is 11.5 Å². The molecule has 1 aliphatic carbocycles. The molecule has 0 saturated heterocycles. The van der Waals surface area contributed by atoms with Gasteiger partial charge in [0.15, 0.2) is 0 Å². The molecule has 90 valence electrons. The summed E-state index contributed by atoms with van der Waals surface area (Å²) in [5.41, 5.74) is 0.235. The Morgan fingerprint density at radius 2 is 2.24 bits per heavy atom. The van der Waals surface area contributed by atoms with Gasteiger partial charge in [-0.1, -0.05) is 18.6 Å². The normalized spacial score (nSPS) is 25.4. The summed E-state index contributed by atoms with van der Waals surface area (Å²) in [6.45, 7) is 0. The highest BCUT2D eigenvalue weighted by molar-refractivity contribution is 6.06. The van der Waals surface area contributed by atoms with Crippen LogP contribution in [0, 0.1) is 0 Å². The molecule has 0 bridgehead atoms. The topological polar surface area (TPSA) is 49.7 Å². The summed E-state index contributed by atoms with van der Waals surface area (Å²) >= 11 is 0. The number of Topliss-reactive ketones (excluding diaryl/α,β-unsaturated/α-hetero) is 1. The van der Waals surface area contributed by atoms with Crippen LogP contribution < -0.4 is 0 Å². The average molecular weight is 231 g/mol. The van der Waals surface area contributed by atoms with Crippen LogP contribution in [0.5, 0.6) is 5.75 Å². The molecule has 1 aromatic rings. The van der Waals surface area contributed by atoms with Gasteiger partial charge in [0.05, 0.1) is 5.41 Å². The monoisotopic (exact) mass is 231 g/mol. The first-order chi connectivity index (χ1) is 8.19. The van der Waals surface area contributed by atoms with Crippen LogP contribution >= 0.6 is 0 Å². The third-order valence-electron chi connectivity index (χ3n) is 3.43. The number of hydrogen-bond acceptors (Lipinski definition) is 3. The number of aromatic hydroxyl groups is 1. The zero-order valence-corrected chi connectivity index (χ0v) is 10.0. The number of nitrogens with zero attached hydrogens (tertiary/aromatic N) is 1. The van der Waals surface area contributed by atoms with Crippen molar-refractivity contribution < 1.29 is 9.90 Å². The van der Waals surface area contributed by atoms with Crippen LogP contribution in [0.4, 0.5) is 0 Å². The molecule has 1 saturated carbocycles.